The molecule has 0 aliphatic carbocycles. The lowest BCUT2D eigenvalue weighted by molar-refractivity contribution is 0.212. The molecule has 1 aliphatic rings. The predicted octanol–water partition coefficient (Wildman–Crippen LogP) is 1.41. The maximum Gasteiger partial charge on any atom is 0.0253 e. The van der Waals surface area contributed by atoms with E-state index >= 15 is 0 Å². The van der Waals surface area contributed by atoms with E-state index in [1.807, 2.05) is 6.92 Å². The highest BCUT2D eigenvalue weighted by Crippen LogP contribution is 2.02. The molecule has 1 atom stereocenters. The molecule has 13 heavy (non-hydrogen) atoms. The topological polar surface area (TPSA) is 15.3 Å². The van der Waals surface area contributed by atoms with Gasteiger partial charge in [-0.1, -0.05) is 24.3 Å². The molecule has 0 amide bonds. The predicted molar refractivity (Wildman–Crippen MR) is 57.9 cm³/mol. The molecule has 0 aromatic carbocycles. The Morgan fingerprint density at radius 3 is 2.54 bits per heavy atom. The van der Waals surface area contributed by atoms with Gasteiger partial charge in [0.1, 0.15) is 0 Å². The Labute approximate surface area is 81.3 Å². The zero-order valence-electron chi connectivity index (χ0n) is 8.66. The Morgan fingerprint density at radius 2 is 1.92 bits per heavy atom. The minimum atomic E-state index is 0.568. The molecule has 0 spiro atoms. The van der Waals surface area contributed by atoms with Gasteiger partial charge in [-0.05, 0) is 13.8 Å². The molecule has 1 saturated heterocycles. The zero-order chi connectivity index (χ0) is 9.52. The van der Waals surface area contributed by atoms with Crippen LogP contribution < -0.4 is 5.32 Å². The average molecular weight is 180 g/mol. The summed E-state index contributed by atoms with van der Waals surface area (Å²) < 4.78 is 0. The van der Waals surface area contributed by atoms with Crippen molar-refractivity contribution in [2.24, 2.45) is 0 Å². The summed E-state index contributed by atoms with van der Waals surface area (Å²) >= 11 is 0. The zero-order valence-corrected chi connectivity index (χ0v) is 8.66. The first-order valence-electron chi connectivity index (χ1n) is 5.09. The van der Waals surface area contributed by atoms with Crippen LogP contribution >= 0.6 is 0 Å². The molecule has 1 N–H and O–H groups in total. The van der Waals surface area contributed by atoms with Gasteiger partial charge in [0, 0.05) is 32.2 Å². The van der Waals surface area contributed by atoms with Crippen LogP contribution in [0.1, 0.15) is 13.8 Å². The SMILES string of the molecule is C/C=C\C=C/C(C)N1CCNCC1. The van der Waals surface area contributed by atoms with E-state index < -0.39 is 0 Å². The van der Waals surface area contributed by atoms with Crippen molar-refractivity contribution in [2.75, 3.05) is 26.2 Å². The third-order valence-electron chi connectivity index (χ3n) is 2.42. The maximum absolute atomic E-state index is 3.36. The Kier molecular flexibility index (Phi) is 4.79. The van der Waals surface area contributed by atoms with Gasteiger partial charge in [-0.3, -0.25) is 4.90 Å². The third-order valence-corrected chi connectivity index (χ3v) is 2.42. The number of nitrogens with one attached hydrogen (secondary N) is 1. The highest BCUT2D eigenvalue weighted by molar-refractivity contribution is 5.05. The number of hydrogen-bond acceptors (Lipinski definition) is 2. The molecule has 0 bridgehead atoms. The molecular formula is C11H20N2. The molecular weight excluding hydrogens is 160 g/mol. The quantitative estimate of drug-likeness (QED) is 0.661. The number of rotatable bonds is 3. The molecule has 2 heteroatoms. The number of allylic oxidation sites excluding steroid dienone is 3. The summed E-state index contributed by atoms with van der Waals surface area (Å²) in [5.74, 6) is 0. The van der Waals surface area contributed by atoms with Gasteiger partial charge in [0.05, 0.1) is 0 Å². The fourth-order valence-corrected chi connectivity index (χ4v) is 1.55. The molecule has 1 unspecified atom stereocenters. The first-order valence-corrected chi connectivity index (χ1v) is 5.09. The van der Waals surface area contributed by atoms with E-state index in [9.17, 15) is 0 Å². The van der Waals surface area contributed by atoms with Crippen LogP contribution in [-0.4, -0.2) is 37.1 Å². The maximum atomic E-state index is 3.36. The van der Waals surface area contributed by atoms with Gasteiger partial charge in [-0.15, -0.1) is 0 Å². The molecule has 74 valence electrons. The average Bonchev–Trinajstić information content (AvgIpc) is 2.19. The molecule has 1 aliphatic heterocycles. The lowest BCUT2D eigenvalue weighted by Gasteiger charge is -2.31. The van der Waals surface area contributed by atoms with Gasteiger partial charge < -0.3 is 5.32 Å². The van der Waals surface area contributed by atoms with Crippen molar-refractivity contribution in [3.05, 3.63) is 24.3 Å². The van der Waals surface area contributed by atoms with Crippen molar-refractivity contribution in [3.63, 3.8) is 0 Å². The highest BCUT2D eigenvalue weighted by atomic mass is 15.2. The standard InChI is InChI=1S/C11H20N2/c1-3-4-5-6-11(2)13-9-7-12-8-10-13/h3-6,11-12H,7-10H2,1-2H3/b4-3-,6-5-. The van der Waals surface area contributed by atoms with E-state index in [1.54, 1.807) is 0 Å². The van der Waals surface area contributed by atoms with E-state index in [-0.39, 0.29) is 0 Å². The molecule has 0 saturated carbocycles. The lowest BCUT2D eigenvalue weighted by Crippen LogP contribution is -2.46. The van der Waals surface area contributed by atoms with Gasteiger partial charge in [-0.25, -0.2) is 0 Å². The molecule has 1 fully saturated rings. The monoisotopic (exact) mass is 180 g/mol. The van der Waals surface area contributed by atoms with Gasteiger partial charge >= 0.3 is 0 Å². The first kappa shape index (κ1) is 10.5. The second-order valence-corrected chi connectivity index (χ2v) is 3.44. The summed E-state index contributed by atoms with van der Waals surface area (Å²) in [6, 6.07) is 0.568. The summed E-state index contributed by atoms with van der Waals surface area (Å²) in [7, 11) is 0. The smallest absolute Gasteiger partial charge is 0.0253 e. The van der Waals surface area contributed by atoms with Crippen LogP contribution in [0.2, 0.25) is 0 Å². The van der Waals surface area contributed by atoms with E-state index in [1.165, 1.54) is 13.1 Å². The van der Waals surface area contributed by atoms with Crippen LogP contribution in [0.4, 0.5) is 0 Å². The number of hydrogen-bond donors (Lipinski definition) is 1. The van der Waals surface area contributed by atoms with Crippen molar-refractivity contribution >= 4 is 0 Å². The Morgan fingerprint density at radius 1 is 1.23 bits per heavy atom. The largest absolute Gasteiger partial charge is 0.314 e. The van der Waals surface area contributed by atoms with Gasteiger partial charge in [0.2, 0.25) is 0 Å². The Bertz CT molecular complexity index is 179. The van der Waals surface area contributed by atoms with Gasteiger partial charge in [0.15, 0.2) is 0 Å². The van der Waals surface area contributed by atoms with Crippen molar-refractivity contribution in [1.82, 2.24) is 10.2 Å². The van der Waals surface area contributed by atoms with Crippen LogP contribution in [-0.2, 0) is 0 Å². The molecule has 1 rings (SSSR count). The van der Waals surface area contributed by atoms with Crippen molar-refractivity contribution in [2.45, 2.75) is 19.9 Å². The van der Waals surface area contributed by atoms with Crippen LogP contribution in [0.25, 0.3) is 0 Å². The summed E-state index contributed by atoms with van der Waals surface area (Å²) in [6.07, 6.45) is 8.53. The van der Waals surface area contributed by atoms with Crippen LogP contribution in [0.3, 0.4) is 0 Å². The molecule has 0 aromatic heterocycles. The minimum Gasteiger partial charge on any atom is -0.314 e. The summed E-state index contributed by atoms with van der Waals surface area (Å²) in [6.45, 7) is 8.89. The lowest BCUT2D eigenvalue weighted by atomic mass is 10.2. The normalized spacial score (nSPS) is 22.9. The summed E-state index contributed by atoms with van der Waals surface area (Å²) in [5.41, 5.74) is 0. The van der Waals surface area contributed by atoms with Gasteiger partial charge in [0.25, 0.3) is 0 Å². The van der Waals surface area contributed by atoms with Crippen molar-refractivity contribution in [1.29, 1.82) is 0 Å². The minimum absolute atomic E-state index is 0.568. The third kappa shape index (κ3) is 3.75. The Balaban J connectivity index is 2.32. The van der Waals surface area contributed by atoms with Crippen LogP contribution in [0, 0.1) is 0 Å². The van der Waals surface area contributed by atoms with E-state index in [2.05, 4.69) is 41.4 Å². The van der Waals surface area contributed by atoms with E-state index in [4.69, 9.17) is 0 Å². The van der Waals surface area contributed by atoms with Gasteiger partial charge in [-0.2, -0.15) is 0 Å². The van der Waals surface area contributed by atoms with Crippen LogP contribution in [0.5, 0.6) is 0 Å². The second-order valence-electron chi connectivity index (χ2n) is 3.44. The molecule has 2 nitrogen and oxygen atoms in total. The highest BCUT2D eigenvalue weighted by Gasteiger charge is 2.12. The fraction of sp³-hybridized carbons (Fsp3) is 0.636. The number of nitrogens with zero attached hydrogens (tertiary/aromatic N) is 1. The summed E-state index contributed by atoms with van der Waals surface area (Å²) in [4.78, 5) is 2.50. The second kappa shape index (κ2) is 5.95. The van der Waals surface area contributed by atoms with E-state index in [0.717, 1.165) is 13.1 Å². The molecule has 0 aromatic rings. The van der Waals surface area contributed by atoms with Crippen molar-refractivity contribution < 1.29 is 0 Å². The summed E-state index contributed by atoms with van der Waals surface area (Å²) in [5, 5.41) is 3.36. The first-order chi connectivity index (χ1) is 6.34. The fourth-order valence-electron chi connectivity index (χ4n) is 1.55. The Hall–Kier alpha value is -0.600. The van der Waals surface area contributed by atoms with Crippen molar-refractivity contribution in [3.8, 4) is 0 Å². The van der Waals surface area contributed by atoms with E-state index in [0.29, 0.717) is 6.04 Å². The number of piperazine rings is 1. The van der Waals surface area contributed by atoms with Crippen LogP contribution in [0.15, 0.2) is 24.3 Å². The molecule has 1 heterocycles. The molecule has 0 radical (unpaired) electrons.